The largest absolute Gasteiger partial charge is 0.493 e. The molecule has 2 heterocycles. The number of primary amides is 1. The highest BCUT2D eigenvalue weighted by Crippen LogP contribution is 2.73. The van der Waals surface area contributed by atoms with Gasteiger partial charge < -0.3 is 26.5 Å². The molecule has 200 valence electrons. The summed E-state index contributed by atoms with van der Waals surface area (Å²) in [4.78, 5) is 50.0. The number of hydrogen-bond donors (Lipinski definition) is 4. The van der Waals surface area contributed by atoms with Gasteiger partial charge >= 0.3 is 0 Å². The quantitative estimate of drug-likeness (QED) is 0.328. The average molecular weight is 527 g/mol. The molecule has 2 aliphatic rings. The second-order valence-electron chi connectivity index (χ2n) is 10.5. The molecule has 4 atom stereocenters. The molecular formula is C26H28F2N6O4. The summed E-state index contributed by atoms with van der Waals surface area (Å²) in [7, 11) is 1.18. The molecular weight excluding hydrogens is 498 g/mol. The van der Waals surface area contributed by atoms with Crippen molar-refractivity contribution in [2.24, 2.45) is 34.6 Å². The van der Waals surface area contributed by atoms with Crippen LogP contribution in [0, 0.1) is 34.8 Å². The monoisotopic (exact) mass is 526 g/mol. The van der Waals surface area contributed by atoms with E-state index in [1.165, 1.54) is 19.2 Å². The Morgan fingerprint density at radius 1 is 1.24 bits per heavy atom. The summed E-state index contributed by atoms with van der Waals surface area (Å²) in [6.07, 6.45) is 0.596. The molecule has 0 radical (unpaired) electrons. The minimum atomic E-state index is -1.22. The number of halogens is 2. The number of nitrogens with one attached hydrogen (secondary N) is 2. The Labute approximate surface area is 216 Å². The lowest BCUT2D eigenvalue weighted by Gasteiger charge is -2.25. The number of benzene rings is 1. The maximum atomic E-state index is 14.4. The van der Waals surface area contributed by atoms with Crippen LogP contribution in [0.2, 0.25) is 0 Å². The van der Waals surface area contributed by atoms with Gasteiger partial charge in [-0.15, -0.1) is 0 Å². The van der Waals surface area contributed by atoms with Gasteiger partial charge in [-0.1, -0.05) is 13.8 Å². The van der Waals surface area contributed by atoms with Gasteiger partial charge in [0.15, 0.2) is 23.0 Å². The van der Waals surface area contributed by atoms with Gasteiger partial charge in [0.1, 0.15) is 17.2 Å². The van der Waals surface area contributed by atoms with E-state index in [0.717, 1.165) is 6.07 Å². The molecule has 3 aromatic rings. The highest BCUT2D eigenvalue weighted by atomic mass is 19.2. The van der Waals surface area contributed by atoms with Crippen molar-refractivity contribution in [2.75, 3.05) is 19.0 Å². The molecule has 2 amide bonds. The molecule has 2 saturated carbocycles. The predicted molar refractivity (Wildman–Crippen MR) is 134 cm³/mol. The second kappa shape index (κ2) is 9.12. The SMILES string of the molecule is COc1c(C(=O)C2C[C@@H]3[C@H]([C@@H]2c2nc4c(C(N)=O)nc(NC(=O)CCN)cc4[nH]2)C3(C)C)ccc(F)c1F. The van der Waals surface area contributed by atoms with Gasteiger partial charge in [0.2, 0.25) is 11.7 Å². The lowest BCUT2D eigenvalue weighted by atomic mass is 9.79. The first kappa shape index (κ1) is 25.7. The van der Waals surface area contributed by atoms with Crippen molar-refractivity contribution in [2.45, 2.75) is 32.6 Å². The molecule has 0 spiro atoms. The van der Waals surface area contributed by atoms with E-state index in [1.807, 2.05) is 0 Å². The summed E-state index contributed by atoms with van der Waals surface area (Å²) in [6.45, 7) is 4.36. The van der Waals surface area contributed by atoms with E-state index < -0.39 is 35.1 Å². The number of imidazole rings is 1. The van der Waals surface area contributed by atoms with Crippen molar-refractivity contribution < 1.29 is 27.9 Å². The highest BCUT2D eigenvalue weighted by molar-refractivity contribution is 6.04. The number of rotatable bonds is 8. The van der Waals surface area contributed by atoms with Gasteiger partial charge in [-0.05, 0) is 35.8 Å². The van der Waals surface area contributed by atoms with E-state index in [4.69, 9.17) is 16.2 Å². The number of H-pyrrole nitrogens is 1. The number of carbonyl (C=O) groups excluding carboxylic acids is 3. The van der Waals surface area contributed by atoms with E-state index in [2.05, 4.69) is 34.1 Å². The molecule has 38 heavy (non-hydrogen) atoms. The van der Waals surface area contributed by atoms with Crippen LogP contribution in [0.1, 0.15) is 59.3 Å². The zero-order chi connectivity index (χ0) is 27.5. The van der Waals surface area contributed by atoms with Crippen molar-refractivity contribution >= 4 is 34.4 Å². The van der Waals surface area contributed by atoms with Crippen molar-refractivity contribution in [1.82, 2.24) is 15.0 Å². The number of anilines is 1. The number of ether oxygens (including phenoxy) is 1. The maximum absolute atomic E-state index is 14.4. The summed E-state index contributed by atoms with van der Waals surface area (Å²) in [5.74, 6) is -4.48. The molecule has 2 aromatic heterocycles. The van der Waals surface area contributed by atoms with Gasteiger partial charge in [0.25, 0.3) is 5.91 Å². The maximum Gasteiger partial charge on any atom is 0.269 e. The normalized spacial score (nSPS) is 23.2. The molecule has 1 unspecified atom stereocenters. The average Bonchev–Trinajstić information content (AvgIpc) is 3.21. The second-order valence-corrected chi connectivity index (χ2v) is 10.5. The molecule has 0 aliphatic heterocycles. The fraction of sp³-hybridized carbons (Fsp3) is 0.423. The summed E-state index contributed by atoms with van der Waals surface area (Å²) < 4.78 is 33.3. The molecule has 10 nitrogen and oxygen atoms in total. The summed E-state index contributed by atoms with van der Waals surface area (Å²) in [5.41, 5.74) is 11.4. The molecule has 5 rings (SSSR count). The van der Waals surface area contributed by atoms with Crippen LogP contribution in [0.15, 0.2) is 18.2 Å². The Morgan fingerprint density at radius 3 is 2.63 bits per heavy atom. The van der Waals surface area contributed by atoms with Crippen LogP contribution in [0.5, 0.6) is 5.75 Å². The van der Waals surface area contributed by atoms with E-state index >= 15 is 0 Å². The number of aromatic amines is 1. The van der Waals surface area contributed by atoms with Crippen molar-refractivity contribution in [1.29, 1.82) is 0 Å². The fourth-order valence-corrected chi connectivity index (χ4v) is 6.14. The zero-order valence-corrected chi connectivity index (χ0v) is 21.1. The number of methoxy groups -OCH3 is 1. The molecule has 2 fully saturated rings. The van der Waals surface area contributed by atoms with Crippen LogP contribution in [0.4, 0.5) is 14.6 Å². The van der Waals surface area contributed by atoms with Gasteiger partial charge in [-0.3, -0.25) is 14.4 Å². The Bertz CT molecular complexity index is 1490. The first-order valence-corrected chi connectivity index (χ1v) is 12.3. The minimum Gasteiger partial charge on any atom is -0.493 e. The predicted octanol–water partition coefficient (Wildman–Crippen LogP) is 2.89. The van der Waals surface area contributed by atoms with Crippen LogP contribution in [-0.4, -0.2) is 46.2 Å². The number of ketones is 1. The number of pyridine rings is 1. The van der Waals surface area contributed by atoms with Crippen molar-refractivity contribution in [3.63, 3.8) is 0 Å². The Morgan fingerprint density at radius 2 is 1.97 bits per heavy atom. The number of carbonyl (C=O) groups is 3. The molecule has 2 aliphatic carbocycles. The van der Waals surface area contributed by atoms with E-state index in [1.54, 1.807) is 0 Å². The molecule has 12 heteroatoms. The Kier molecular flexibility index (Phi) is 6.17. The van der Waals surface area contributed by atoms with E-state index in [9.17, 15) is 23.2 Å². The molecule has 1 aromatic carbocycles. The highest BCUT2D eigenvalue weighted by Gasteiger charge is 2.69. The van der Waals surface area contributed by atoms with E-state index in [0.29, 0.717) is 17.8 Å². The Balaban J connectivity index is 1.58. The Hall–Kier alpha value is -3.93. The number of Topliss-reactive ketones (excluding diaryl/α,β-unsaturated/α-hetero) is 1. The smallest absolute Gasteiger partial charge is 0.269 e. The molecule has 0 saturated heterocycles. The lowest BCUT2D eigenvalue weighted by molar-refractivity contribution is -0.116. The van der Waals surface area contributed by atoms with Crippen LogP contribution in [-0.2, 0) is 4.79 Å². The number of fused-ring (bicyclic) bond motifs is 2. The van der Waals surface area contributed by atoms with Gasteiger partial charge in [0, 0.05) is 30.9 Å². The first-order chi connectivity index (χ1) is 18.0. The number of hydrogen-bond acceptors (Lipinski definition) is 7. The zero-order valence-electron chi connectivity index (χ0n) is 21.1. The van der Waals surface area contributed by atoms with Crippen molar-refractivity contribution in [3.8, 4) is 5.75 Å². The third kappa shape index (κ3) is 3.99. The van der Waals surface area contributed by atoms with Crippen LogP contribution in [0.3, 0.4) is 0 Å². The number of nitrogens with two attached hydrogens (primary N) is 2. The lowest BCUT2D eigenvalue weighted by Crippen LogP contribution is -2.25. The number of aromatic nitrogens is 3. The fourth-order valence-electron chi connectivity index (χ4n) is 6.14. The summed E-state index contributed by atoms with van der Waals surface area (Å²) in [6, 6.07) is 3.67. The number of nitrogens with zero attached hydrogens (tertiary/aromatic N) is 2. The third-order valence-corrected chi connectivity index (χ3v) is 8.00. The number of amides is 2. The third-order valence-electron chi connectivity index (χ3n) is 8.00. The van der Waals surface area contributed by atoms with Crippen molar-refractivity contribution in [3.05, 3.63) is 46.9 Å². The molecule has 0 bridgehead atoms. The van der Waals surface area contributed by atoms with E-state index in [-0.39, 0.29) is 64.5 Å². The van der Waals surface area contributed by atoms with Crippen LogP contribution >= 0.6 is 0 Å². The standard InChI is InChI=1S/C26H28F2N6O4/c1-26(2)12-8-11(22(36)10-4-5-13(27)19(28)23(10)38-3)17(18(12)26)25-31-14-9-15(32-16(35)6-7-29)33-21(24(30)37)20(14)34-25/h4-5,9,11-12,17-18H,6-8,29H2,1-3H3,(H2,30,37)(H,31,34)(H,32,33,35)/t11?,12-,17-,18-/m1/s1. The van der Waals surface area contributed by atoms with Gasteiger partial charge in [-0.2, -0.15) is 4.39 Å². The van der Waals surface area contributed by atoms with Gasteiger partial charge in [0.05, 0.1) is 18.2 Å². The first-order valence-electron chi connectivity index (χ1n) is 12.3. The van der Waals surface area contributed by atoms with Crippen LogP contribution in [0.25, 0.3) is 11.0 Å². The topological polar surface area (TPSA) is 166 Å². The minimum absolute atomic E-state index is 0.0407. The summed E-state index contributed by atoms with van der Waals surface area (Å²) >= 11 is 0. The molecule has 6 N–H and O–H groups in total. The van der Waals surface area contributed by atoms with Crippen LogP contribution < -0.4 is 21.5 Å². The summed E-state index contributed by atoms with van der Waals surface area (Å²) in [5, 5.41) is 2.59. The van der Waals surface area contributed by atoms with Gasteiger partial charge in [-0.25, -0.2) is 14.4 Å².